The summed E-state index contributed by atoms with van der Waals surface area (Å²) >= 11 is 2.69. The van der Waals surface area contributed by atoms with Crippen molar-refractivity contribution in [2.24, 2.45) is 0 Å². The molecule has 0 saturated carbocycles. The van der Waals surface area contributed by atoms with Crippen LogP contribution in [0, 0.1) is 21.4 Å². The van der Waals surface area contributed by atoms with Gasteiger partial charge in [-0.15, -0.1) is 16.4 Å². The van der Waals surface area contributed by atoms with Gasteiger partial charge in [0.1, 0.15) is 5.82 Å². The molecular formula is C14H9N5O2S2. The molecule has 0 aliphatic carbocycles. The van der Waals surface area contributed by atoms with Crippen LogP contribution in [-0.4, -0.2) is 20.1 Å². The quantitative estimate of drug-likeness (QED) is 0.562. The average molecular weight is 343 g/mol. The minimum Gasteiger partial charge on any atom is -0.262 e. The number of nitrogens with one attached hydrogen (secondary N) is 1. The van der Waals surface area contributed by atoms with Crippen LogP contribution in [0.15, 0.2) is 45.8 Å². The fourth-order valence-electron chi connectivity index (χ4n) is 1.90. The molecule has 114 valence electrons. The SMILES string of the molecule is N#Cc1ccc([N+](=O)[O-])c(Sc2n[nH]c(Cc3cccs3)n2)c1. The van der Waals surface area contributed by atoms with Gasteiger partial charge in [-0.2, -0.15) is 5.26 Å². The van der Waals surface area contributed by atoms with Crippen LogP contribution >= 0.6 is 23.1 Å². The third kappa shape index (κ3) is 3.56. The summed E-state index contributed by atoms with van der Waals surface area (Å²) in [6.07, 6.45) is 0.631. The third-order valence-corrected chi connectivity index (χ3v) is 4.71. The monoisotopic (exact) mass is 343 g/mol. The molecule has 0 spiro atoms. The Balaban J connectivity index is 1.83. The molecule has 3 aromatic rings. The van der Waals surface area contributed by atoms with Crippen LogP contribution in [0.2, 0.25) is 0 Å². The molecule has 2 heterocycles. The van der Waals surface area contributed by atoms with Crippen molar-refractivity contribution in [2.75, 3.05) is 0 Å². The number of aromatic amines is 1. The zero-order valence-corrected chi connectivity index (χ0v) is 13.2. The third-order valence-electron chi connectivity index (χ3n) is 2.92. The minimum atomic E-state index is -0.483. The fourth-order valence-corrected chi connectivity index (χ4v) is 3.48. The predicted octanol–water partition coefficient (Wildman–Crippen LogP) is 3.39. The number of hydrogen-bond donors (Lipinski definition) is 1. The van der Waals surface area contributed by atoms with E-state index in [0.29, 0.717) is 27.9 Å². The fraction of sp³-hybridized carbons (Fsp3) is 0.0714. The normalized spacial score (nSPS) is 10.4. The summed E-state index contributed by atoms with van der Waals surface area (Å²) in [4.78, 5) is 16.4. The number of benzene rings is 1. The first-order valence-electron chi connectivity index (χ1n) is 6.46. The number of H-pyrrole nitrogens is 1. The summed E-state index contributed by atoms with van der Waals surface area (Å²) in [5, 5.41) is 29.3. The van der Waals surface area contributed by atoms with Gasteiger partial charge in [-0.1, -0.05) is 6.07 Å². The second-order valence-corrected chi connectivity index (χ2v) is 6.52. The van der Waals surface area contributed by atoms with Crippen molar-refractivity contribution < 1.29 is 4.92 Å². The number of thiophene rings is 1. The van der Waals surface area contributed by atoms with Crippen LogP contribution in [-0.2, 0) is 6.42 Å². The van der Waals surface area contributed by atoms with Crippen molar-refractivity contribution in [2.45, 2.75) is 16.5 Å². The molecule has 0 saturated heterocycles. The maximum atomic E-state index is 11.1. The lowest BCUT2D eigenvalue weighted by Crippen LogP contribution is -1.92. The number of nitriles is 1. The average Bonchev–Trinajstić information content (AvgIpc) is 3.19. The van der Waals surface area contributed by atoms with Crippen molar-refractivity contribution in [3.05, 3.63) is 62.1 Å². The van der Waals surface area contributed by atoms with Gasteiger partial charge < -0.3 is 0 Å². The highest BCUT2D eigenvalue weighted by atomic mass is 32.2. The Morgan fingerprint density at radius 2 is 2.30 bits per heavy atom. The maximum Gasteiger partial charge on any atom is 0.283 e. The van der Waals surface area contributed by atoms with E-state index in [1.54, 1.807) is 11.3 Å². The lowest BCUT2D eigenvalue weighted by atomic mass is 10.2. The highest BCUT2D eigenvalue weighted by molar-refractivity contribution is 7.99. The molecule has 0 radical (unpaired) electrons. The van der Waals surface area contributed by atoms with E-state index < -0.39 is 4.92 Å². The second-order valence-electron chi connectivity index (χ2n) is 4.47. The molecule has 0 aliphatic rings. The molecule has 0 amide bonds. The summed E-state index contributed by atoms with van der Waals surface area (Å²) in [7, 11) is 0. The van der Waals surface area contributed by atoms with Crippen molar-refractivity contribution >= 4 is 28.8 Å². The van der Waals surface area contributed by atoms with Gasteiger partial charge in [-0.3, -0.25) is 15.2 Å². The summed E-state index contributed by atoms with van der Waals surface area (Å²) < 4.78 is 0. The molecule has 23 heavy (non-hydrogen) atoms. The molecule has 7 nitrogen and oxygen atoms in total. The molecule has 1 aromatic carbocycles. The van der Waals surface area contributed by atoms with E-state index in [4.69, 9.17) is 5.26 Å². The number of aromatic nitrogens is 3. The Labute approximate surface area is 139 Å². The number of nitro benzene ring substituents is 1. The van der Waals surface area contributed by atoms with E-state index in [0.717, 1.165) is 16.6 Å². The number of nitro groups is 1. The van der Waals surface area contributed by atoms with Gasteiger partial charge in [0.25, 0.3) is 5.69 Å². The minimum absolute atomic E-state index is 0.0707. The molecule has 2 aromatic heterocycles. The Kier molecular flexibility index (Phi) is 4.36. The number of hydrogen-bond acceptors (Lipinski definition) is 7. The van der Waals surface area contributed by atoms with Crippen molar-refractivity contribution in [1.82, 2.24) is 15.2 Å². The topological polar surface area (TPSA) is 108 Å². The smallest absolute Gasteiger partial charge is 0.262 e. The first-order chi connectivity index (χ1) is 11.2. The lowest BCUT2D eigenvalue weighted by Gasteiger charge is -2.00. The van der Waals surface area contributed by atoms with Crippen molar-refractivity contribution in [3.8, 4) is 6.07 Å². The van der Waals surface area contributed by atoms with Crippen LogP contribution in [0.3, 0.4) is 0 Å². The van der Waals surface area contributed by atoms with Gasteiger partial charge in [-0.25, -0.2) is 4.98 Å². The lowest BCUT2D eigenvalue weighted by molar-refractivity contribution is -0.387. The van der Waals surface area contributed by atoms with Gasteiger partial charge >= 0.3 is 0 Å². The van der Waals surface area contributed by atoms with Crippen LogP contribution in [0.25, 0.3) is 0 Å². The van der Waals surface area contributed by atoms with E-state index in [1.807, 2.05) is 23.6 Å². The van der Waals surface area contributed by atoms with Gasteiger partial charge in [0, 0.05) is 17.4 Å². The molecule has 0 bridgehead atoms. The van der Waals surface area contributed by atoms with E-state index in [1.165, 1.54) is 18.2 Å². The first-order valence-corrected chi connectivity index (χ1v) is 8.15. The van der Waals surface area contributed by atoms with E-state index >= 15 is 0 Å². The maximum absolute atomic E-state index is 11.1. The summed E-state index contributed by atoms with van der Waals surface area (Å²) in [6.45, 7) is 0. The molecular weight excluding hydrogens is 334 g/mol. The zero-order chi connectivity index (χ0) is 16.2. The van der Waals surface area contributed by atoms with E-state index in [2.05, 4.69) is 15.2 Å². The number of rotatable bonds is 5. The van der Waals surface area contributed by atoms with Gasteiger partial charge in [0.15, 0.2) is 0 Å². The molecule has 0 fully saturated rings. The van der Waals surface area contributed by atoms with E-state index in [-0.39, 0.29) is 5.69 Å². The molecule has 3 rings (SSSR count). The molecule has 0 aliphatic heterocycles. The van der Waals surface area contributed by atoms with Gasteiger partial charge in [0.05, 0.1) is 21.5 Å². The summed E-state index contributed by atoms with van der Waals surface area (Å²) in [5.41, 5.74) is 0.283. The Bertz CT molecular complexity index is 883. The summed E-state index contributed by atoms with van der Waals surface area (Å²) in [6, 6.07) is 10.1. The zero-order valence-electron chi connectivity index (χ0n) is 11.6. The Morgan fingerprint density at radius 1 is 1.43 bits per heavy atom. The van der Waals surface area contributed by atoms with Gasteiger partial charge in [-0.05, 0) is 35.3 Å². The highest BCUT2D eigenvalue weighted by Gasteiger charge is 2.17. The molecule has 1 N–H and O–H groups in total. The number of nitrogens with zero attached hydrogens (tertiary/aromatic N) is 4. The molecule has 0 unspecified atom stereocenters. The predicted molar refractivity (Wildman–Crippen MR) is 85.4 cm³/mol. The van der Waals surface area contributed by atoms with Crippen molar-refractivity contribution in [3.63, 3.8) is 0 Å². The van der Waals surface area contributed by atoms with Crippen LogP contribution in [0.5, 0.6) is 0 Å². The standard InChI is InChI=1S/C14H9N5O2S2/c15-8-9-3-4-11(19(20)21)12(6-9)23-14-16-13(17-18-14)7-10-2-1-5-22-10/h1-6H,7H2,(H,16,17,18). The first kappa shape index (κ1) is 15.2. The molecule has 9 heteroatoms. The van der Waals surface area contributed by atoms with Crippen LogP contribution in [0.4, 0.5) is 5.69 Å². The Morgan fingerprint density at radius 3 is 3.00 bits per heavy atom. The van der Waals surface area contributed by atoms with Gasteiger partial charge in [0.2, 0.25) is 5.16 Å². The van der Waals surface area contributed by atoms with E-state index in [9.17, 15) is 10.1 Å². The second kappa shape index (κ2) is 6.60. The van der Waals surface area contributed by atoms with Crippen LogP contribution in [0.1, 0.15) is 16.3 Å². The highest BCUT2D eigenvalue weighted by Crippen LogP contribution is 2.33. The Hall–Kier alpha value is -2.70. The van der Waals surface area contributed by atoms with Crippen LogP contribution < -0.4 is 0 Å². The largest absolute Gasteiger partial charge is 0.283 e. The van der Waals surface area contributed by atoms with Crippen molar-refractivity contribution in [1.29, 1.82) is 5.26 Å². The molecule has 0 atom stereocenters. The summed E-state index contributed by atoms with van der Waals surface area (Å²) in [5.74, 6) is 0.689.